The van der Waals surface area contributed by atoms with Gasteiger partial charge >= 0.3 is 0 Å². The molecular formula is C17H19N7O. The van der Waals surface area contributed by atoms with E-state index in [-0.39, 0.29) is 0 Å². The first-order valence-corrected chi connectivity index (χ1v) is 8.19. The number of nitrogens with zero attached hydrogens (tertiary/aromatic N) is 7. The molecular weight excluding hydrogens is 318 g/mol. The summed E-state index contributed by atoms with van der Waals surface area (Å²) in [4.78, 5) is 13.5. The highest BCUT2D eigenvalue weighted by atomic mass is 16.5. The van der Waals surface area contributed by atoms with E-state index in [1.54, 1.807) is 16.9 Å². The fraction of sp³-hybridized carbons (Fsp3) is 0.353. The molecule has 0 amide bonds. The third-order valence-electron chi connectivity index (χ3n) is 4.06. The molecule has 8 nitrogen and oxygen atoms in total. The Bertz CT molecular complexity index is 1040. The third-order valence-corrected chi connectivity index (χ3v) is 4.06. The second-order valence-electron chi connectivity index (χ2n) is 6.41. The van der Waals surface area contributed by atoms with Gasteiger partial charge in [-0.05, 0) is 19.9 Å². The molecule has 4 heterocycles. The van der Waals surface area contributed by atoms with Gasteiger partial charge in [-0.3, -0.25) is 0 Å². The molecule has 0 saturated carbocycles. The first-order chi connectivity index (χ1) is 12.0. The number of fused-ring (bicyclic) bond motifs is 1. The van der Waals surface area contributed by atoms with Crippen LogP contribution >= 0.6 is 0 Å². The number of rotatable bonds is 4. The zero-order valence-electron chi connectivity index (χ0n) is 14.6. The van der Waals surface area contributed by atoms with Gasteiger partial charge in [-0.2, -0.15) is 10.1 Å². The van der Waals surface area contributed by atoms with Crippen molar-refractivity contribution in [3.63, 3.8) is 0 Å². The molecule has 0 aliphatic carbocycles. The van der Waals surface area contributed by atoms with E-state index in [9.17, 15) is 0 Å². The summed E-state index contributed by atoms with van der Waals surface area (Å²) < 4.78 is 9.23. The van der Waals surface area contributed by atoms with Crippen molar-refractivity contribution in [3.05, 3.63) is 47.8 Å². The summed E-state index contributed by atoms with van der Waals surface area (Å²) in [5.74, 6) is 2.34. The quantitative estimate of drug-likeness (QED) is 0.569. The fourth-order valence-corrected chi connectivity index (χ4v) is 2.96. The van der Waals surface area contributed by atoms with Crippen molar-refractivity contribution >= 4 is 5.65 Å². The minimum absolute atomic E-state index is 0.326. The predicted molar refractivity (Wildman–Crippen MR) is 91.2 cm³/mol. The van der Waals surface area contributed by atoms with Crippen molar-refractivity contribution in [3.8, 4) is 11.4 Å². The van der Waals surface area contributed by atoms with Gasteiger partial charge in [0.1, 0.15) is 12.4 Å². The van der Waals surface area contributed by atoms with Gasteiger partial charge in [-0.15, -0.1) is 0 Å². The second kappa shape index (κ2) is 5.80. The van der Waals surface area contributed by atoms with Crippen LogP contribution in [-0.2, 0) is 6.54 Å². The Morgan fingerprint density at radius 3 is 2.84 bits per heavy atom. The summed E-state index contributed by atoms with van der Waals surface area (Å²) in [6, 6.07) is 1.98. The van der Waals surface area contributed by atoms with Crippen LogP contribution in [-0.4, -0.2) is 34.3 Å². The van der Waals surface area contributed by atoms with Gasteiger partial charge in [0.15, 0.2) is 5.65 Å². The third kappa shape index (κ3) is 2.69. The molecule has 4 rings (SSSR count). The number of imidazole rings is 1. The Hall–Kier alpha value is -3.03. The van der Waals surface area contributed by atoms with Gasteiger partial charge in [0.2, 0.25) is 11.7 Å². The van der Waals surface area contributed by atoms with E-state index in [1.807, 2.05) is 30.7 Å². The molecule has 0 atom stereocenters. The lowest BCUT2D eigenvalue weighted by molar-refractivity contribution is 0.369. The largest absolute Gasteiger partial charge is 0.337 e. The van der Waals surface area contributed by atoms with Gasteiger partial charge in [0, 0.05) is 29.7 Å². The van der Waals surface area contributed by atoms with Crippen molar-refractivity contribution in [1.29, 1.82) is 0 Å². The molecule has 4 aromatic rings. The Morgan fingerprint density at radius 1 is 1.20 bits per heavy atom. The van der Waals surface area contributed by atoms with Crippen molar-refractivity contribution < 1.29 is 4.52 Å². The van der Waals surface area contributed by atoms with Crippen LogP contribution in [0.1, 0.15) is 42.9 Å². The maximum absolute atomic E-state index is 5.43. The lowest BCUT2D eigenvalue weighted by Crippen LogP contribution is -2.06. The molecule has 128 valence electrons. The van der Waals surface area contributed by atoms with E-state index >= 15 is 0 Å². The molecule has 25 heavy (non-hydrogen) atoms. The molecule has 0 saturated heterocycles. The maximum Gasteiger partial charge on any atom is 0.246 e. The summed E-state index contributed by atoms with van der Waals surface area (Å²) in [5.41, 5.74) is 3.43. The molecule has 0 fully saturated rings. The van der Waals surface area contributed by atoms with Crippen LogP contribution in [0.4, 0.5) is 0 Å². The molecule has 0 aromatic carbocycles. The maximum atomic E-state index is 5.43. The van der Waals surface area contributed by atoms with Crippen molar-refractivity contribution in [2.45, 2.75) is 40.2 Å². The Labute approximate surface area is 144 Å². The second-order valence-corrected chi connectivity index (χ2v) is 6.41. The van der Waals surface area contributed by atoms with Crippen LogP contribution in [0.2, 0.25) is 0 Å². The van der Waals surface area contributed by atoms with Gasteiger partial charge in [-0.25, -0.2) is 14.5 Å². The van der Waals surface area contributed by atoms with Crippen LogP contribution in [0, 0.1) is 13.8 Å². The van der Waals surface area contributed by atoms with Gasteiger partial charge < -0.3 is 9.09 Å². The summed E-state index contributed by atoms with van der Waals surface area (Å²) in [6.07, 6.45) is 5.43. The van der Waals surface area contributed by atoms with Crippen LogP contribution in [0.3, 0.4) is 0 Å². The summed E-state index contributed by atoms with van der Waals surface area (Å²) >= 11 is 0. The molecule has 0 spiro atoms. The lowest BCUT2D eigenvalue weighted by atomic mass is 10.2. The number of aromatic nitrogens is 7. The first kappa shape index (κ1) is 15.5. The van der Waals surface area contributed by atoms with Crippen molar-refractivity contribution in [2.24, 2.45) is 0 Å². The standard InChI is InChI=1S/C17H19N7O/c1-10(2)16-18-5-6-23(16)9-14-21-15(22-25-14)13-8-19-24-12(4)7-11(3)20-17(13)24/h5-8,10H,9H2,1-4H3. The average molecular weight is 337 g/mol. The van der Waals surface area contributed by atoms with Crippen LogP contribution in [0.5, 0.6) is 0 Å². The first-order valence-electron chi connectivity index (χ1n) is 8.19. The topological polar surface area (TPSA) is 86.9 Å². The molecule has 0 unspecified atom stereocenters. The van der Waals surface area contributed by atoms with Crippen molar-refractivity contribution in [2.75, 3.05) is 0 Å². The Morgan fingerprint density at radius 2 is 2.04 bits per heavy atom. The van der Waals surface area contributed by atoms with Gasteiger partial charge in [0.25, 0.3) is 0 Å². The van der Waals surface area contributed by atoms with Crippen LogP contribution in [0.15, 0.2) is 29.2 Å². The van der Waals surface area contributed by atoms with E-state index in [2.05, 4.69) is 39.1 Å². The van der Waals surface area contributed by atoms with Gasteiger partial charge in [-0.1, -0.05) is 19.0 Å². The smallest absolute Gasteiger partial charge is 0.246 e. The SMILES string of the molecule is Cc1cc(C)n2ncc(-c3noc(Cn4ccnc4C(C)C)n3)c2n1. The molecule has 0 bridgehead atoms. The number of hydrogen-bond donors (Lipinski definition) is 0. The van der Waals surface area contributed by atoms with E-state index in [0.717, 1.165) is 28.4 Å². The lowest BCUT2D eigenvalue weighted by Gasteiger charge is -2.07. The van der Waals surface area contributed by atoms with E-state index in [0.29, 0.717) is 24.2 Å². The van der Waals surface area contributed by atoms with E-state index in [1.165, 1.54) is 0 Å². The van der Waals surface area contributed by atoms with Gasteiger partial charge in [0.05, 0.1) is 11.8 Å². The van der Waals surface area contributed by atoms with Crippen LogP contribution in [0.25, 0.3) is 17.0 Å². The molecule has 8 heteroatoms. The minimum atomic E-state index is 0.326. The summed E-state index contributed by atoms with van der Waals surface area (Å²) in [5, 5.41) is 8.49. The normalized spacial score (nSPS) is 11.7. The summed E-state index contributed by atoms with van der Waals surface area (Å²) in [7, 11) is 0. The molecule has 0 aliphatic rings. The monoisotopic (exact) mass is 337 g/mol. The molecule has 0 N–H and O–H groups in total. The van der Waals surface area contributed by atoms with E-state index in [4.69, 9.17) is 4.52 Å². The van der Waals surface area contributed by atoms with Crippen LogP contribution < -0.4 is 0 Å². The highest BCUT2D eigenvalue weighted by Crippen LogP contribution is 2.22. The molecule has 0 aliphatic heterocycles. The zero-order chi connectivity index (χ0) is 17.6. The Kier molecular flexibility index (Phi) is 3.60. The summed E-state index contributed by atoms with van der Waals surface area (Å²) in [6.45, 7) is 8.65. The highest BCUT2D eigenvalue weighted by Gasteiger charge is 2.17. The van der Waals surface area contributed by atoms with E-state index < -0.39 is 0 Å². The minimum Gasteiger partial charge on any atom is -0.337 e. The van der Waals surface area contributed by atoms with Crippen molar-refractivity contribution in [1.82, 2.24) is 34.3 Å². The fourth-order valence-electron chi connectivity index (χ4n) is 2.96. The highest BCUT2D eigenvalue weighted by molar-refractivity contribution is 5.72. The Balaban J connectivity index is 1.69. The zero-order valence-corrected chi connectivity index (χ0v) is 14.6. The average Bonchev–Trinajstić information content (AvgIpc) is 3.26. The molecule has 4 aromatic heterocycles. The number of aryl methyl sites for hydroxylation is 2. The molecule has 0 radical (unpaired) electrons. The number of hydrogen-bond acceptors (Lipinski definition) is 6. The predicted octanol–water partition coefficient (Wildman–Crippen LogP) is 2.76.